The molecule has 2 aromatic heterocycles. The first-order valence-corrected chi connectivity index (χ1v) is 9.07. The highest BCUT2D eigenvalue weighted by Crippen LogP contribution is 2.23. The number of amides is 1. The van der Waals surface area contributed by atoms with Gasteiger partial charge in [0, 0.05) is 43.3 Å². The molecular weight excluding hydrogens is 344 g/mol. The molecule has 0 radical (unpaired) electrons. The van der Waals surface area contributed by atoms with Crippen LogP contribution >= 0.6 is 0 Å². The van der Waals surface area contributed by atoms with E-state index in [1.165, 1.54) is 0 Å². The van der Waals surface area contributed by atoms with Crippen LogP contribution in [0.2, 0.25) is 0 Å². The molecule has 3 aromatic rings. The number of para-hydroxylation sites is 1. The van der Waals surface area contributed by atoms with Gasteiger partial charge in [-0.3, -0.25) is 14.3 Å². The van der Waals surface area contributed by atoms with Crippen LogP contribution in [0.5, 0.6) is 0 Å². The highest BCUT2D eigenvalue weighted by Gasteiger charge is 2.27. The number of carbonyl (C=O) groups is 1. The van der Waals surface area contributed by atoms with E-state index in [2.05, 4.69) is 20.6 Å². The van der Waals surface area contributed by atoms with E-state index in [0.717, 1.165) is 35.1 Å². The summed E-state index contributed by atoms with van der Waals surface area (Å²) in [4.78, 5) is 29.3. The molecule has 4 rings (SSSR count). The van der Waals surface area contributed by atoms with Crippen LogP contribution in [0.4, 0.5) is 5.69 Å². The van der Waals surface area contributed by atoms with Crippen molar-refractivity contribution < 1.29 is 4.79 Å². The highest BCUT2D eigenvalue weighted by atomic mass is 16.2. The number of likely N-dealkylation sites (tertiary alicyclic amines) is 1. The molecule has 1 aliphatic heterocycles. The second kappa shape index (κ2) is 6.86. The van der Waals surface area contributed by atoms with Crippen molar-refractivity contribution >= 4 is 22.5 Å². The van der Waals surface area contributed by atoms with Crippen molar-refractivity contribution in [3.63, 3.8) is 0 Å². The van der Waals surface area contributed by atoms with Crippen LogP contribution in [0.25, 0.3) is 10.9 Å². The van der Waals surface area contributed by atoms with Crippen molar-refractivity contribution in [1.29, 1.82) is 0 Å². The van der Waals surface area contributed by atoms with Gasteiger partial charge in [-0.1, -0.05) is 23.4 Å². The predicted octanol–water partition coefficient (Wildman–Crippen LogP) is 1.68. The topological polar surface area (TPSA) is 95.9 Å². The zero-order valence-corrected chi connectivity index (χ0v) is 15.4. The molecule has 27 heavy (non-hydrogen) atoms. The van der Waals surface area contributed by atoms with Crippen LogP contribution in [0.3, 0.4) is 0 Å². The predicted molar refractivity (Wildman–Crippen MR) is 103 cm³/mol. The SMILES string of the molecule is Cc1c(C(=O)N2CCC(Nc3cc(=O)[nH]c4ccccc34)CC2)nnn1C. The van der Waals surface area contributed by atoms with Gasteiger partial charge in [-0.2, -0.15) is 0 Å². The summed E-state index contributed by atoms with van der Waals surface area (Å²) in [6, 6.07) is 9.55. The molecule has 2 N–H and O–H groups in total. The van der Waals surface area contributed by atoms with Gasteiger partial charge in [0.05, 0.1) is 11.2 Å². The van der Waals surface area contributed by atoms with E-state index in [0.29, 0.717) is 18.8 Å². The lowest BCUT2D eigenvalue weighted by molar-refractivity contribution is 0.0711. The van der Waals surface area contributed by atoms with Gasteiger partial charge in [0.2, 0.25) is 5.56 Å². The molecule has 140 valence electrons. The summed E-state index contributed by atoms with van der Waals surface area (Å²) >= 11 is 0. The largest absolute Gasteiger partial charge is 0.381 e. The highest BCUT2D eigenvalue weighted by molar-refractivity contribution is 5.93. The van der Waals surface area contributed by atoms with Gasteiger partial charge in [0.15, 0.2) is 5.69 Å². The third-order valence-electron chi connectivity index (χ3n) is 5.20. The summed E-state index contributed by atoms with van der Waals surface area (Å²) < 4.78 is 1.61. The number of anilines is 1. The minimum absolute atomic E-state index is 0.0688. The molecule has 1 amide bonds. The number of carbonyl (C=O) groups excluding carboxylic acids is 1. The van der Waals surface area contributed by atoms with Crippen molar-refractivity contribution in [2.24, 2.45) is 7.05 Å². The number of nitrogens with one attached hydrogen (secondary N) is 2. The Balaban J connectivity index is 1.45. The standard InChI is InChI=1S/C19H22N6O2/c1-12-18(22-23-24(12)2)19(27)25-9-7-13(8-10-25)20-16-11-17(26)21-15-6-4-3-5-14(15)16/h3-6,11,13H,7-10H2,1-2H3,(H2,20,21,26). The Labute approximate surface area is 156 Å². The van der Waals surface area contributed by atoms with Crippen LogP contribution in [-0.2, 0) is 7.05 Å². The zero-order valence-electron chi connectivity index (χ0n) is 15.4. The van der Waals surface area contributed by atoms with E-state index in [1.54, 1.807) is 17.8 Å². The number of piperidine rings is 1. The number of benzene rings is 1. The molecule has 0 saturated carbocycles. The van der Waals surface area contributed by atoms with Crippen molar-refractivity contribution in [2.75, 3.05) is 18.4 Å². The number of nitrogens with zero attached hydrogens (tertiary/aromatic N) is 4. The van der Waals surface area contributed by atoms with Gasteiger partial charge in [0.25, 0.3) is 5.91 Å². The van der Waals surface area contributed by atoms with Gasteiger partial charge < -0.3 is 15.2 Å². The van der Waals surface area contributed by atoms with Crippen LogP contribution < -0.4 is 10.9 Å². The van der Waals surface area contributed by atoms with Crippen LogP contribution in [0.15, 0.2) is 35.1 Å². The van der Waals surface area contributed by atoms with Crippen molar-refractivity contribution in [3.05, 3.63) is 52.1 Å². The first-order chi connectivity index (χ1) is 13.0. The molecule has 0 bridgehead atoms. The third kappa shape index (κ3) is 3.30. The molecule has 1 aliphatic rings. The van der Waals surface area contributed by atoms with E-state index in [-0.39, 0.29) is 17.5 Å². The second-order valence-electron chi connectivity index (χ2n) is 6.95. The number of rotatable bonds is 3. The Morgan fingerprint density at radius 1 is 1.26 bits per heavy atom. The second-order valence-corrected chi connectivity index (χ2v) is 6.95. The number of aryl methyl sites for hydroxylation is 1. The van der Waals surface area contributed by atoms with Crippen molar-refractivity contribution in [2.45, 2.75) is 25.8 Å². The quantitative estimate of drug-likeness (QED) is 0.735. The summed E-state index contributed by atoms with van der Waals surface area (Å²) in [5.41, 5.74) is 2.73. The fourth-order valence-electron chi connectivity index (χ4n) is 3.52. The maximum Gasteiger partial charge on any atom is 0.276 e. The van der Waals surface area contributed by atoms with Crippen molar-refractivity contribution in [1.82, 2.24) is 24.9 Å². The first-order valence-electron chi connectivity index (χ1n) is 9.07. The van der Waals surface area contributed by atoms with E-state index in [9.17, 15) is 9.59 Å². The molecule has 1 saturated heterocycles. The lowest BCUT2D eigenvalue weighted by atomic mass is 10.0. The fraction of sp³-hybridized carbons (Fsp3) is 0.368. The van der Waals surface area contributed by atoms with Gasteiger partial charge in [-0.25, -0.2) is 0 Å². The monoisotopic (exact) mass is 366 g/mol. The van der Waals surface area contributed by atoms with E-state index in [1.807, 2.05) is 36.1 Å². The number of aromatic amines is 1. The molecule has 3 heterocycles. The number of aromatic nitrogens is 4. The average Bonchev–Trinajstić information content (AvgIpc) is 3.00. The van der Waals surface area contributed by atoms with Gasteiger partial charge >= 0.3 is 0 Å². The number of hydrogen-bond donors (Lipinski definition) is 2. The summed E-state index contributed by atoms with van der Waals surface area (Å²) in [7, 11) is 1.78. The molecule has 8 nitrogen and oxygen atoms in total. The van der Waals surface area contributed by atoms with Crippen LogP contribution in [-0.4, -0.2) is 49.9 Å². The zero-order chi connectivity index (χ0) is 19.0. The molecule has 1 aromatic carbocycles. The van der Waals surface area contributed by atoms with Crippen LogP contribution in [0.1, 0.15) is 29.0 Å². The summed E-state index contributed by atoms with van der Waals surface area (Å²) in [6.45, 7) is 3.14. The van der Waals surface area contributed by atoms with Gasteiger partial charge in [-0.05, 0) is 25.8 Å². The van der Waals surface area contributed by atoms with Gasteiger partial charge in [-0.15, -0.1) is 5.10 Å². The first kappa shape index (κ1) is 17.3. The Morgan fingerprint density at radius 2 is 2.00 bits per heavy atom. The Morgan fingerprint density at radius 3 is 2.70 bits per heavy atom. The lowest BCUT2D eigenvalue weighted by Crippen LogP contribution is -2.42. The summed E-state index contributed by atoms with van der Waals surface area (Å²) in [5, 5.41) is 12.4. The minimum atomic E-state index is -0.123. The molecule has 0 atom stereocenters. The van der Waals surface area contributed by atoms with E-state index < -0.39 is 0 Å². The molecule has 1 fully saturated rings. The molecule has 0 unspecified atom stereocenters. The minimum Gasteiger partial charge on any atom is -0.381 e. The lowest BCUT2D eigenvalue weighted by Gasteiger charge is -2.32. The normalized spacial score (nSPS) is 15.3. The molecular formula is C19H22N6O2. The summed E-state index contributed by atoms with van der Waals surface area (Å²) in [6.07, 6.45) is 1.62. The summed E-state index contributed by atoms with van der Waals surface area (Å²) in [5.74, 6) is -0.0688. The smallest absolute Gasteiger partial charge is 0.276 e. The van der Waals surface area contributed by atoms with Crippen LogP contribution in [0, 0.1) is 6.92 Å². The average molecular weight is 366 g/mol. The fourth-order valence-corrected chi connectivity index (χ4v) is 3.52. The number of hydrogen-bond acceptors (Lipinski definition) is 5. The maximum absolute atomic E-state index is 12.7. The van der Waals surface area contributed by atoms with Gasteiger partial charge in [0.1, 0.15) is 0 Å². The molecule has 0 spiro atoms. The number of H-pyrrole nitrogens is 1. The van der Waals surface area contributed by atoms with Crippen molar-refractivity contribution in [3.8, 4) is 0 Å². The Hall–Kier alpha value is -3.16. The third-order valence-corrected chi connectivity index (χ3v) is 5.20. The number of pyridine rings is 1. The number of fused-ring (bicyclic) bond motifs is 1. The van der Waals surface area contributed by atoms with E-state index >= 15 is 0 Å². The Kier molecular flexibility index (Phi) is 4.39. The van der Waals surface area contributed by atoms with E-state index in [4.69, 9.17) is 0 Å². The maximum atomic E-state index is 12.7. The molecule has 8 heteroatoms. The Bertz CT molecular complexity index is 1050. The molecule has 0 aliphatic carbocycles.